The van der Waals surface area contributed by atoms with Gasteiger partial charge in [0.25, 0.3) is 0 Å². The second-order valence-corrected chi connectivity index (χ2v) is 6.69. The lowest BCUT2D eigenvalue weighted by Crippen LogP contribution is -2.33. The van der Waals surface area contributed by atoms with Gasteiger partial charge in [0, 0.05) is 29.3 Å². The molecule has 1 nitrogen and oxygen atoms in total. The number of alkyl halides is 2. The van der Waals surface area contributed by atoms with Crippen LogP contribution < -0.4 is 0 Å². The molecule has 1 aromatic rings. The Morgan fingerprint density at radius 3 is 2.35 bits per heavy atom. The van der Waals surface area contributed by atoms with Crippen molar-refractivity contribution < 1.29 is 9.13 Å². The molecule has 0 saturated heterocycles. The van der Waals surface area contributed by atoms with Crippen LogP contribution in [0.25, 0.3) is 0 Å². The Morgan fingerprint density at radius 1 is 1.15 bits per heavy atom. The molecule has 0 saturated carbocycles. The van der Waals surface area contributed by atoms with E-state index < -0.39 is 0 Å². The minimum absolute atomic E-state index is 0.145. The third kappa shape index (κ3) is 5.12. The van der Waals surface area contributed by atoms with E-state index in [1.54, 1.807) is 6.07 Å². The Bertz CT molecular complexity index is 392. The second-order valence-electron chi connectivity index (χ2n) is 5.57. The van der Waals surface area contributed by atoms with Crippen molar-refractivity contribution in [1.29, 1.82) is 0 Å². The largest absolute Gasteiger partial charge is 0.381 e. The van der Waals surface area contributed by atoms with Gasteiger partial charge >= 0.3 is 0 Å². The fraction of sp³-hybridized carbons (Fsp3) is 0.625. The first-order valence-corrected chi connectivity index (χ1v) is 9.24. The van der Waals surface area contributed by atoms with Gasteiger partial charge in [-0.2, -0.15) is 0 Å². The quantitative estimate of drug-likeness (QED) is 0.396. The summed E-state index contributed by atoms with van der Waals surface area (Å²) in [4.78, 5) is 0. The molecule has 0 bridgehead atoms. The van der Waals surface area contributed by atoms with E-state index in [2.05, 4.69) is 45.7 Å². The number of benzene rings is 1. The summed E-state index contributed by atoms with van der Waals surface area (Å²) in [6, 6.07) is 7.00. The van der Waals surface area contributed by atoms with E-state index in [1.807, 2.05) is 12.1 Å². The third-order valence-corrected chi connectivity index (χ3v) is 5.67. The lowest BCUT2D eigenvalue weighted by molar-refractivity contribution is 0.110. The first-order valence-electron chi connectivity index (χ1n) is 7.00. The molecule has 0 spiro atoms. The summed E-state index contributed by atoms with van der Waals surface area (Å²) in [5, 5.41) is 1.42. The Balaban J connectivity index is 2.66. The zero-order chi connectivity index (χ0) is 15.0. The molecule has 0 radical (unpaired) electrons. The highest BCUT2D eigenvalue weighted by atomic mass is 79.9. The Labute approximate surface area is 138 Å². The molecule has 0 unspecified atom stereocenters. The average molecular weight is 410 g/mol. The molecule has 1 aromatic carbocycles. The molecule has 0 aliphatic heterocycles. The predicted molar refractivity (Wildman–Crippen MR) is 90.6 cm³/mol. The van der Waals surface area contributed by atoms with E-state index in [4.69, 9.17) is 4.74 Å². The third-order valence-electron chi connectivity index (χ3n) is 3.52. The van der Waals surface area contributed by atoms with Crippen LogP contribution in [0.4, 0.5) is 4.39 Å². The van der Waals surface area contributed by atoms with Crippen LogP contribution >= 0.6 is 31.9 Å². The van der Waals surface area contributed by atoms with Crippen molar-refractivity contribution >= 4 is 31.9 Å². The van der Waals surface area contributed by atoms with Gasteiger partial charge in [-0.15, -0.1) is 0 Å². The van der Waals surface area contributed by atoms with E-state index >= 15 is 0 Å². The van der Waals surface area contributed by atoms with E-state index in [0.29, 0.717) is 23.2 Å². The van der Waals surface area contributed by atoms with E-state index in [-0.39, 0.29) is 11.2 Å². The number of halogens is 3. The summed E-state index contributed by atoms with van der Waals surface area (Å²) in [6.07, 6.45) is 1.86. The smallest absolute Gasteiger partial charge is 0.127 e. The van der Waals surface area contributed by atoms with E-state index in [0.717, 1.165) is 25.0 Å². The molecule has 20 heavy (non-hydrogen) atoms. The normalized spacial score (nSPS) is 12.1. The number of ether oxygens (including phenoxy) is 1. The molecule has 0 aliphatic rings. The van der Waals surface area contributed by atoms with Crippen molar-refractivity contribution in [2.75, 3.05) is 23.9 Å². The highest BCUT2D eigenvalue weighted by Gasteiger charge is 2.32. The van der Waals surface area contributed by atoms with E-state index in [9.17, 15) is 4.39 Å². The molecule has 1 rings (SSSR count). The van der Waals surface area contributed by atoms with Crippen molar-refractivity contribution in [3.8, 4) is 0 Å². The number of hydrogen-bond donors (Lipinski definition) is 0. The van der Waals surface area contributed by atoms with Crippen molar-refractivity contribution in [2.45, 2.75) is 32.1 Å². The van der Waals surface area contributed by atoms with Crippen LogP contribution in [-0.4, -0.2) is 23.9 Å². The second kappa shape index (κ2) is 9.16. The van der Waals surface area contributed by atoms with Gasteiger partial charge in [-0.25, -0.2) is 4.39 Å². The predicted octanol–water partition coefficient (Wildman–Crippen LogP) is 5.31. The van der Waals surface area contributed by atoms with Crippen molar-refractivity contribution in [1.82, 2.24) is 0 Å². The topological polar surface area (TPSA) is 9.23 Å². The van der Waals surface area contributed by atoms with Gasteiger partial charge in [-0.1, -0.05) is 63.9 Å². The van der Waals surface area contributed by atoms with Crippen LogP contribution in [0.15, 0.2) is 24.3 Å². The highest BCUT2D eigenvalue weighted by molar-refractivity contribution is 9.09. The maximum Gasteiger partial charge on any atom is 0.127 e. The average Bonchev–Trinajstić information content (AvgIpc) is 2.44. The lowest BCUT2D eigenvalue weighted by atomic mass is 9.81. The number of rotatable bonds is 9. The molecule has 0 heterocycles. The van der Waals surface area contributed by atoms with Gasteiger partial charge in [0.15, 0.2) is 0 Å². The Hall–Kier alpha value is 0.0700. The standard InChI is InChI=1S/C16H23Br2FO/c1-13(2)7-9-20-10-8-16(11-17,12-18)14-5-3-4-6-15(14)19/h3-6,13H,7-12H2,1-2H3. The highest BCUT2D eigenvalue weighted by Crippen LogP contribution is 2.34. The zero-order valence-corrected chi connectivity index (χ0v) is 15.3. The van der Waals surface area contributed by atoms with Gasteiger partial charge in [0.05, 0.1) is 0 Å². The minimum atomic E-state index is -0.261. The van der Waals surface area contributed by atoms with Crippen molar-refractivity contribution in [2.24, 2.45) is 5.92 Å². The first-order chi connectivity index (χ1) is 9.55. The van der Waals surface area contributed by atoms with Crippen LogP contribution in [0, 0.1) is 11.7 Å². The van der Waals surface area contributed by atoms with Crippen LogP contribution in [0.1, 0.15) is 32.3 Å². The van der Waals surface area contributed by atoms with Crippen molar-refractivity contribution in [3.05, 3.63) is 35.6 Å². The molecular weight excluding hydrogens is 387 g/mol. The summed E-state index contributed by atoms with van der Waals surface area (Å²) < 4.78 is 19.8. The maximum absolute atomic E-state index is 14.1. The van der Waals surface area contributed by atoms with Gasteiger partial charge < -0.3 is 4.74 Å². The van der Waals surface area contributed by atoms with Crippen LogP contribution in [0.5, 0.6) is 0 Å². The Morgan fingerprint density at radius 2 is 1.80 bits per heavy atom. The maximum atomic E-state index is 14.1. The molecule has 0 N–H and O–H groups in total. The Kier molecular flexibility index (Phi) is 8.30. The zero-order valence-electron chi connectivity index (χ0n) is 12.2. The summed E-state index contributed by atoms with van der Waals surface area (Å²) in [7, 11) is 0. The fourth-order valence-corrected chi connectivity index (χ4v) is 4.12. The van der Waals surface area contributed by atoms with E-state index in [1.165, 1.54) is 6.07 Å². The summed E-state index contributed by atoms with van der Waals surface area (Å²) in [6.45, 7) is 5.79. The lowest BCUT2D eigenvalue weighted by Gasteiger charge is -2.31. The molecular formula is C16H23Br2FO. The number of hydrogen-bond acceptors (Lipinski definition) is 1. The summed E-state index contributed by atoms with van der Waals surface area (Å²) in [5.74, 6) is 0.507. The van der Waals surface area contributed by atoms with Crippen LogP contribution in [0.3, 0.4) is 0 Å². The van der Waals surface area contributed by atoms with Crippen LogP contribution in [-0.2, 0) is 10.2 Å². The van der Waals surface area contributed by atoms with Gasteiger partial charge in [-0.05, 0) is 30.4 Å². The molecule has 0 fully saturated rings. The minimum Gasteiger partial charge on any atom is -0.381 e. The molecule has 0 atom stereocenters. The molecule has 0 aromatic heterocycles. The summed E-state index contributed by atoms with van der Waals surface area (Å²) >= 11 is 7.09. The van der Waals surface area contributed by atoms with Crippen molar-refractivity contribution in [3.63, 3.8) is 0 Å². The van der Waals surface area contributed by atoms with Crippen LogP contribution in [0.2, 0.25) is 0 Å². The SMILES string of the molecule is CC(C)CCOCCC(CBr)(CBr)c1ccccc1F. The first kappa shape index (κ1) is 18.1. The molecule has 0 aliphatic carbocycles. The fourth-order valence-electron chi connectivity index (χ4n) is 2.03. The van der Waals surface area contributed by atoms with Gasteiger partial charge in [0.1, 0.15) is 5.82 Å². The molecule has 4 heteroatoms. The van der Waals surface area contributed by atoms with Gasteiger partial charge in [-0.3, -0.25) is 0 Å². The molecule has 114 valence electrons. The summed E-state index contributed by atoms with van der Waals surface area (Å²) in [5.41, 5.74) is 0.490. The molecule has 0 amide bonds. The monoisotopic (exact) mass is 408 g/mol. The van der Waals surface area contributed by atoms with Gasteiger partial charge in [0.2, 0.25) is 0 Å².